The zero-order valence-corrected chi connectivity index (χ0v) is 13.6. The molecule has 0 aliphatic carbocycles. The minimum Gasteiger partial charge on any atom is -0.396 e. The van der Waals surface area contributed by atoms with Crippen LogP contribution in [0.1, 0.15) is 37.8 Å². The van der Waals surface area contributed by atoms with Gasteiger partial charge in [0, 0.05) is 28.3 Å². The van der Waals surface area contributed by atoms with Crippen molar-refractivity contribution in [3.05, 3.63) is 28.8 Å². The van der Waals surface area contributed by atoms with E-state index < -0.39 is 0 Å². The number of amides is 2. The number of aliphatic hydroxyl groups excluding tert-OH is 1. The van der Waals surface area contributed by atoms with Crippen molar-refractivity contribution in [3.8, 4) is 0 Å². The highest BCUT2D eigenvalue weighted by Gasteiger charge is 2.23. The minimum atomic E-state index is -0.164. The normalized spacial score (nSPS) is 18.7. The molecule has 0 aromatic heterocycles. The van der Waals surface area contributed by atoms with Gasteiger partial charge in [-0.1, -0.05) is 11.6 Å². The molecule has 21 heavy (non-hydrogen) atoms. The lowest BCUT2D eigenvalue weighted by Gasteiger charge is -2.27. The van der Waals surface area contributed by atoms with Gasteiger partial charge < -0.3 is 15.7 Å². The molecule has 6 heteroatoms. The van der Waals surface area contributed by atoms with Gasteiger partial charge >= 0.3 is 6.03 Å². The number of urea groups is 1. The van der Waals surface area contributed by atoms with E-state index in [1.54, 1.807) is 11.8 Å². The number of carbonyl (C=O) groups is 1. The molecule has 0 saturated heterocycles. The molecule has 0 saturated carbocycles. The lowest BCUT2D eigenvalue weighted by Crippen LogP contribution is -2.43. The van der Waals surface area contributed by atoms with Crippen LogP contribution in [0.15, 0.2) is 23.1 Å². The highest BCUT2D eigenvalue weighted by molar-refractivity contribution is 7.99. The molecule has 2 rings (SSSR count). The van der Waals surface area contributed by atoms with Crippen LogP contribution in [-0.2, 0) is 0 Å². The van der Waals surface area contributed by atoms with Gasteiger partial charge in [0.2, 0.25) is 0 Å². The summed E-state index contributed by atoms with van der Waals surface area (Å²) in [6.07, 6.45) is 2.36. The van der Waals surface area contributed by atoms with Crippen LogP contribution in [-0.4, -0.2) is 29.5 Å². The van der Waals surface area contributed by atoms with Gasteiger partial charge in [0.05, 0.1) is 6.04 Å². The van der Waals surface area contributed by atoms with Gasteiger partial charge in [0.25, 0.3) is 0 Å². The second kappa shape index (κ2) is 7.92. The number of benzene rings is 1. The molecular weight excluding hydrogens is 308 g/mol. The molecule has 116 valence electrons. The van der Waals surface area contributed by atoms with Crippen molar-refractivity contribution in [1.82, 2.24) is 10.6 Å². The second-order valence-corrected chi connectivity index (χ2v) is 6.83. The number of rotatable bonds is 5. The van der Waals surface area contributed by atoms with Gasteiger partial charge in [-0.05, 0) is 49.9 Å². The summed E-state index contributed by atoms with van der Waals surface area (Å²) in [7, 11) is 0. The molecule has 0 bridgehead atoms. The molecule has 1 aliphatic rings. The molecule has 1 aromatic rings. The summed E-state index contributed by atoms with van der Waals surface area (Å²) in [6, 6.07) is 5.72. The van der Waals surface area contributed by atoms with Crippen LogP contribution >= 0.6 is 23.4 Å². The number of fused-ring (bicyclic) bond motifs is 1. The topological polar surface area (TPSA) is 61.4 Å². The van der Waals surface area contributed by atoms with Gasteiger partial charge in [0.1, 0.15) is 0 Å². The maximum Gasteiger partial charge on any atom is 0.315 e. The van der Waals surface area contributed by atoms with Crippen LogP contribution < -0.4 is 10.6 Å². The van der Waals surface area contributed by atoms with E-state index in [1.165, 1.54) is 4.90 Å². The highest BCUT2D eigenvalue weighted by atomic mass is 35.5. The second-order valence-electron chi connectivity index (χ2n) is 5.26. The molecule has 2 amide bonds. The zero-order valence-electron chi connectivity index (χ0n) is 12.1. The Morgan fingerprint density at radius 3 is 3.14 bits per heavy atom. The summed E-state index contributed by atoms with van der Waals surface area (Å²) >= 11 is 7.85. The van der Waals surface area contributed by atoms with Crippen LogP contribution in [0.5, 0.6) is 0 Å². The minimum absolute atomic E-state index is 0.00462. The number of hydrogen-bond donors (Lipinski definition) is 3. The van der Waals surface area contributed by atoms with E-state index in [0.717, 1.165) is 24.2 Å². The summed E-state index contributed by atoms with van der Waals surface area (Å²) in [5, 5.41) is 15.4. The lowest BCUT2D eigenvalue weighted by atomic mass is 10.0. The first-order valence-electron chi connectivity index (χ1n) is 7.20. The molecule has 0 spiro atoms. The fourth-order valence-electron chi connectivity index (χ4n) is 2.41. The van der Waals surface area contributed by atoms with Crippen LogP contribution in [0.3, 0.4) is 0 Å². The monoisotopic (exact) mass is 328 g/mol. The number of aliphatic hydroxyl groups is 1. The van der Waals surface area contributed by atoms with Crippen molar-refractivity contribution < 1.29 is 9.90 Å². The number of hydrogen-bond acceptors (Lipinski definition) is 3. The first-order chi connectivity index (χ1) is 10.1. The Kier molecular flexibility index (Phi) is 6.21. The molecule has 1 heterocycles. The third-order valence-corrected chi connectivity index (χ3v) is 4.85. The van der Waals surface area contributed by atoms with E-state index in [4.69, 9.17) is 16.7 Å². The Morgan fingerprint density at radius 2 is 2.38 bits per heavy atom. The average Bonchev–Trinajstić information content (AvgIpc) is 2.45. The molecule has 1 aromatic carbocycles. The van der Waals surface area contributed by atoms with Gasteiger partial charge in [-0.2, -0.15) is 0 Å². The summed E-state index contributed by atoms with van der Waals surface area (Å²) in [6.45, 7) is 2.09. The fourth-order valence-corrected chi connectivity index (χ4v) is 3.69. The van der Waals surface area contributed by atoms with Gasteiger partial charge in [-0.3, -0.25) is 0 Å². The van der Waals surface area contributed by atoms with Crippen LogP contribution in [0.4, 0.5) is 4.79 Å². The maximum atomic E-state index is 12.1. The molecule has 0 radical (unpaired) electrons. The summed E-state index contributed by atoms with van der Waals surface area (Å²) in [5.41, 5.74) is 1.09. The summed E-state index contributed by atoms with van der Waals surface area (Å²) in [4.78, 5) is 13.2. The third kappa shape index (κ3) is 4.80. The van der Waals surface area contributed by atoms with Crippen LogP contribution in [0.2, 0.25) is 5.02 Å². The summed E-state index contributed by atoms with van der Waals surface area (Å²) < 4.78 is 0. The highest BCUT2D eigenvalue weighted by Crippen LogP contribution is 2.37. The van der Waals surface area contributed by atoms with Crippen molar-refractivity contribution in [3.63, 3.8) is 0 Å². The summed E-state index contributed by atoms with van der Waals surface area (Å²) in [5.74, 6) is 0.986. The van der Waals surface area contributed by atoms with Crippen LogP contribution in [0, 0.1) is 0 Å². The van der Waals surface area contributed by atoms with E-state index >= 15 is 0 Å². The van der Waals surface area contributed by atoms with E-state index in [9.17, 15) is 4.79 Å². The third-order valence-electron chi connectivity index (χ3n) is 3.49. The van der Waals surface area contributed by atoms with E-state index in [2.05, 4.69) is 10.6 Å². The largest absolute Gasteiger partial charge is 0.396 e. The van der Waals surface area contributed by atoms with Gasteiger partial charge in [0.15, 0.2) is 0 Å². The number of thioether (sulfide) groups is 1. The van der Waals surface area contributed by atoms with Crippen molar-refractivity contribution in [1.29, 1.82) is 0 Å². The standard InChI is InChI=1S/C15H21ClN2O2S/c1-10(3-2-7-19)17-15(20)18-13-6-8-21-14-5-4-11(16)9-12(13)14/h4-5,9-10,13,19H,2-3,6-8H2,1H3,(H2,17,18,20). The number of carbonyl (C=O) groups excluding carboxylic acids is 1. The van der Waals surface area contributed by atoms with Gasteiger partial charge in [-0.15, -0.1) is 11.8 Å². The maximum absolute atomic E-state index is 12.1. The van der Waals surface area contributed by atoms with Crippen molar-refractivity contribution in [2.24, 2.45) is 0 Å². The molecule has 2 unspecified atom stereocenters. The molecule has 1 aliphatic heterocycles. The Bertz CT molecular complexity index is 499. The first-order valence-corrected chi connectivity index (χ1v) is 8.56. The van der Waals surface area contributed by atoms with Gasteiger partial charge in [-0.25, -0.2) is 4.79 Å². The molecule has 0 fully saturated rings. The average molecular weight is 329 g/mol. The van der Waals surface area contributed by atoms with Crippen LogP contribution in [0.25, 0.3) is 0 Å². The van der Waals surface area contributed by atoms with Crippen molar-refractivity contribution in [2.45, 2.75) is 43.2 Å². The van der Waals surface area contributed by atoms with E-state index in [1.807, 2.05) is 25.1 Å². The fraction of sp³-hybridized carbons (Fsp3) is 0.533. The van der Waals surface area contributed by atoms with E-state index in [-0.39, 0.29) is 24.7 Å². The number of halogens is 1. The quantitative estimate of drug-likeness (QED) is 0.777. The van der Waals surface area contributed by atoms with Crippen molar-refractivity contribution in [2.75, 3.05) is 12.4 Å². The zero-order chi connectivity index (χ0) is 15.2. The molecule has 2 atom stereocenters. The lowest BCUT2D eigenvalue weighted by molar-refractivity contribution is 0.230. The molecule has 3 N–H and O–H groups in total. The van der Waals surface area contributed by atoms with Crippen molar-refractivity contribution >= 4 is 29.4 Å². The number of nitrogens with one attached hydrogen (secondary N) is 2. The Morgan fingerprint density at radius 1 is 1.57 bits per heavy atom. The predicted molar refractivity (Wildman–Crippen MR) is 87.0 cm³/mol. The first kappa shape index (κ1) is 16.5. The Hall–Kier alpha value is -0.910. The smallest absolute Gasteiger partial charge is 0.315 e. The molecule has 4 nitrogen and oxygen atoms in total. The molecular formula is C15H21ClN2O2S. The Balaban J connectivity index is 1.95. The van der Waals surface area contributed by atoms with E-state index in [0.29, 0.717) is 11.4 Å². The SMILES string of the molecule is CC(CCCO)NC(=O)NC1CCSc2ccc(Cl)cc21. The Labute approximate surface area is 134 Å². The predicted octanol–water partition coefficient (Wildman–Crippen LogP) is 3.34.